The molecule has 4 N–H and O–H groups in total. The van der Waals surface area contributed by atoms with E-state index in [0.717, 1.165) is 0 Å². The number of hydrogen-bond donors (Lipinski definition) is 3. The van der Waals surface area contributed by atoms with Crippen LogP contribution in [0.3, 0.4) is 0 Å². The number of pyridine rings is 1. The molecule has 1 aromatic rings. The predicted octanol–water partition coefficient (Wildman–Crippen LogP) is 0.997. The number of rotatable bonds is 5. The summed E-state index contributed by atoms with van der Waals surface area (Å²) in [4.78, 5) is 15.1. The molecular formula is C9H10F4N4O. The fourth-order valence-corrected chi connectivity index (χ4v) is 1.08. The van der Waals surface area contributed by atoms with E-state index in [1.807, 2.05) is 0 Å². The number of hydrazine groups is 1. The fraction of sp³-hybridized carbons (Fsp3) is 0.333. The number of nitrogens with two attached hydrogens (primary N) is 1. The zero-order valence-electron chi connectivity index (χ0n) is 8.96. The van der Waals surface area contributed by atoms with Crippen molar-refractivity contribution in [2.75, 3.05) is 12.0 Å². The molecule has 0 aliphatic heterocycles. The summed E-state index contributed by atoms with van der Waals surface area (Å²) in [5.41, 5.74) is 2.16. The number of halogens is 4. The molecule has 5 nitrogen and oxygen atoms in total. The van der Waals surface area contributed by atoms with Crippen molar-refractivity contribution in [1.29, 1.82) is 0 Å². The Bertz CT molecular complexity index is 427. The molecule has 100 valence electrons. The van der Waals surface area contributed by atoms with Crippen LogP contribution in [0.25, 0.3) is 0 Å². The van der Waals surface area contributed by atoms with Gasteiger partial charge in [-0.3, -0.25) is 15.6 Å². The summed E-state index contributed by atoms with van der Waals surface area (Å²) < 4.78 is 48.9. The molecular weight excluding hydrogens is 256 g/mol. The molecule has 1 amide bonds. The van der Waals surface area contributed by atoms with Crippen molar-refractivity contribution >= 4 is 11.6 Å². The van der Waals surface area contributed by atoms with Crippen molar-refractivity contribution in [1.82, 2.24) is 10.3 Å². The lowest BCUT2D eigenvalue weighted by Crippen LogP contribution is -2.41. The van der Waals surface area contributed by atoms with Gasteiger partial charge in [-0.1, -0.05) is 0 Å². The van der Waals surface area contributed by atoms with E-state index >= 15 is 0 Å². The van der Waals surface area contributed by atoms with E-state index in [4.69, 9.17) is 5.84 Å². The van der Waals surface area contributed by atoms with E-state index < -0.39 is 24.8 Å². The number of amides is 1. The van der Waals surface area contributed by atoms with E-state index in [-0.39, 0.29) is 11.3 Å². The Balaban J connectivity index is 2.72. The molecule has 0 unspecified atom stereocenters. The van der Waals surface area contributed by atoms with Crippen LogP contribution >= 0.6 is 0 Å². The van der Waals surface area contributed by atoms with Crippen LogP contribution in [0.4, 0.5) is 23.2 Å². The summed E-state index contributed by atoms with van der Waals surface area (Å²) in [6.45, 7) is -1.46. The number of hydrogen-bond acceptors (Lipinski definition) is 4. The smallest absolute Gasteiger partial charge is 0.324 e. The highest BCUT2D eigenvalue weighted by Crippen LogP contribution is 2.21. The first-order chi connectivity index (χ1) is 8.38. The number of alkyl halides is 4. The summed E-state index contributed by atoms with van der Waals surface area (Å²) in [7, 11) is 0. The second-order valence-corrected chi connectivity index (χ2v) is 3.31. The van der Waals surface area contributed by atoms with Gasteiger partial charge in [-0.05, 0) is 6.07 Å². The van der Waals surface area contributed by atoms with Gasteiger partial charge in [0.1, 0.15) is 0 Å². The van der Waals surface area contributed by atoms with Gasteiger partial charge in [0.05, 0.1) is 24.0 Å². The van der Waals surface area contributed by atoms with Crippen molar-refractivity contribution in [2.45, 2.75) is 12.3 Å². The molecule has 0 radical (unpaired) electrons. The van der Waals surface area contributed by atoms with Crippen LogP contribution in [0.1, 0.15) is 10.4 Å². The van der Waals surface area contributed by atoms with E-state index in [1.165, 1.54) is 18.5 Å². The maximum atomic E-state index is 12.6. The number of nitrogens with one attached hydrogen (secondary N) is 2. The number of nitrogens with zero attached hydrogens (tertiary/aromatic N) is 1. The average Bonchev–Trinajstić information content (AvgIpc) is 2.35. The van der Waals surface area contributed by atoms with Gasteiger partial charge in [0.25, 0.3) is 5.91 Å². The SMILES string of the molecule is NNc1cnccc1C(=O)NCC(F)(F)C(F)F. The third kappa shape index (κ3) is 3.29. The Morgan fingerprint density at radius 2 is 2.17 bits per heavy atom. The van der Waals surface area contributed by atoms with E-state index in [2.05, 4.69) is 10.4 Å². The number of nitrogen functional groups attached to an aromatic ring is 1. The molecule has 0 saturated carbocycles. The maximum absolute atomic E-state index is 12.6. The molecule has 9 heteroatoms. The number of anilines is 1. The molecule has 1 aromatic heterocycles. The Morgan fingerprint density at radius 1 is 1.50 bits per heavy atom. The third-order valence-corrected chi connectivity index (χ3v) is 2.03. The van der Waals surface area contributed by atoms with Crippen LogP contribution < -0.4 is 16.6 Å². The van der Waals surface area contributed by atoms with Crippen molar-refractivity contribution in [3.8, 4) is 0 Å². The Morgan fingerprint density at radius 3 is 2.72 bits per heavy atom. The summed E-state index contributed by atoms with van der Waals surface area (Å²) in [5.74, 6) is -0.151. The van der Waals surface area contributed by atoms with Crippen LogP contribution in [0.15, 0.2) is 18.5 Å². The van der Waals surface area contributed by atoms with E-state index in [1.54, 1.807) is 5.32 Å². The molecule has 0 atom stereocenters. The average molecular weight is 266 g/mol. The maximum Gasteiger partial charge on any atom is 0.324 e. The first-order valence-electron chi connectivity index (χ1n) is 4.73. The number of aromatic nitrogens is 1. The molecule has 0 fully saturated rings. The third-order valence-electron chi connectivity index (χ3n) is 2.03. The molecule has 0 aromatic carbocycles. The lowest BCUT2D eigenvalue weighted by molar-refractivity contribution is -0.123. The lowest BCUT2D eigenvalue weighted by Gasteiger charge is -2.16. The summed E-state index contributed by atoms with van der Waals surface area (Å²) in [6, 6.07) is 1.21. The zero-order valence-corrected chi connectivity index (χ0v) is 8.96. The fourth-order valence-electron chi connectivity index (χ4n) is 1.08. The molecule has 0 bridgehead atoms. The minimum atomic E-state index is -4.28. The zero-order chi connectivity index (χ0) is 13.8. The Labute approximate surface area is 99.3 Å². The predicted molar refractivity (Wildman–Crippen MR) is 55.3 cm³/mol. The van der Waals surface area contributed by atoms with Gasteiger partial charge in [-0.2, -0.15) is 8.78 Å². The summed E-state index contributed by atoms with van der Waals surface area (Å²) >= 11 is 0. The lowest BCUT2D eigenvalue weighted by atomic mass is 10.2. The van der Waals surface area contributed by atoms with Gasteiger partial charge < -0.3 is 10.7 Å². The molecule has 0 spiro atoms. The first kappa shape index (κ1) is 14.2. The number of carbonyl (C=O) groups excluding carboxylic acids is 1. The van der Waals surface area contributed by atoms with Gasteiger partial charge in [0.2, 0.25) is 0 Å². The quantitative estimate of drug-likeness (QED) is 0.422. The number of carbonyl (C=O) groups is 1. The van der Waals surface area contributed by atoms with Crippen LogP contribution in [0.2, 0.25) is 0 Å². The second kappa shape index (κ2) is 5.63. The van der Waals surface area contributed by atoms with Gasteiger partial charge in [-0.15, -0.1) is 0 Å². The highest BCUT2D eigenvalue weighted by Gasteiger charge is 2.40. The molecule has 0 aliphatic carbocycles. The van der Waals surface area contributed by atoms with Crippen molar-refractivity contribution in [2.24, 2.45) is 5.84 Å². The highest BCUT2D eigenvalue weighted by molar-refractivity contribution is 5.99. The van der Waals surface area contributed by atoms with Gasteiger partial charge in [0, 0.05) is 6.20 Å². The monoisotopic (exact) mass is 266 g/mol. The highest BCUT2D eigenvalue weighted by atomic mass is 19.3. The van der Waals surface area contributed by atoms with Gasteiger partial charge in [-0.25, -0.2) is 8.78 Å². The normalized spacial score (nSPS) is 11.4. The molecule has 1 rings (SSSR count). The van der Waals surface area contributed by atoms with Crippen LogP contribution in [0.5, 0.6) is 0 Å². The minimum absolute atomic E-state index is 0.0717. The summed E-state index contributed by atoms with van der Waals surface area (Å²) in [6.07, 6.45) is -1.41. The van der Waals surface area contributed by atoms with Gasteiger partial charge >= 0.3 is 12.3 Å². The summed E-state index contributed by atoms with van der Waals surface area (Å²) in [5, 5.41) is 1.70. The van der Waals surface area contributed by atoms with Crippen molar-refractivity contribution < 1.29 is 22.4 Å². The minimum Gasteiger partial charge on any atom is -0.346 e. The molecule has 0 aliphatic rings. The van der Waals surface area contributed by atoms with E-state index in [9.17, 15) is 22.4 Å². The Kier molecular flexibility index (Phi) is 4.43. The van der Waals surface area contributed by atoms with Crippen molar-refractivity contribution in [3.63, 3.8) is 0 Å². The molecule has 18 heavy (non-hydrogen) atoms. The van der Waals surface area contributed by atoms with Crippen LogP contribution in [-0.4, -0.2) is 29.8 Å². The van der Waals surface area contributed by atoms with Gasteiger partial charge in [0.15, 0.2) is 0 Å². The topological polar surface area (TPSA) is 80.0 Å². The largest absolute Gasteiger partial charge is 0.346 e. The molecule has 0 saturated heterocycles. The van der Waals surface area contributed by atoms with Crippen LogP contribution in [-0.2, 0) is 0 Å². The van der Waals surface area contributed by atoms with Crippen molar-refractivity contribution in [3.05, 3.63) is 24.0 Å². The Hall–Kier alpha value is -1.90. The standard InChI is InChI=1S/C9H10F4N4O/c10-8(11)9(12,13)4-16-7(18)5-1-2-15-3-6(5)17-14/h1-3,8,17H,4,14H2,(H,16,18). The second-order valence-electron chi connectivity index (χ2n) is 3.31. The first-order valence-corrected chi connectivity index (χ1v) is 4.73. The van der Waals surface area contributed by atoms with Crippen LogP contribution in [0, 0.1) is 0 Å². The van der Waals surface area contributed by atoms with E-state index in [0.29, 0.717) is 0 Å². The molecule has 1 heterocycles.